The Balaban J connectivity index is 2.09. The molecule has 100 valence electrons. The number of ether oxygens (including phenoxy) is 1. The predicted octanol–water partition coefficient (Wildman–Crippen LogP) is 2.48. The van der Waals surface area contributed by atoms with Crippen LogP contribution in [0.15, 0.2) is 24.3 Å². The predicted molar refractivity (Wildman–Crippen MR) is 72.9 cm³/mol. The molecule has 0 saturated carbocycles. The van der Waals surface area contributed by atoms with Gasteiger partial charge in [0, 0.05) is 29.7 Å². The fraction of sp³-hybridized carbons (Fsp3) is 0.571. The largest absolute Gasteiger partial charge is 0.386 e. The van der Waals surface area contributed by atoms with E-state index in [2.05, 4.69) is 18.7 Å². The van der Waals surface area contributed by atoms with E-state index in [9.17, 15) is 5.11 Å². The van der Waals surface area contributed by atoms with Crippen molar-refractivity contribution in [2.24, 2.45) is 0 Å². The molecule has 1 N–H and O–H groups in total. The zero-order valence-electron chi connectivity index (χ0n) is 10.8. The number of morpholine rings is 1. The second kappa shape index (κ2) is 6.02. The average Bonchev–Trinajstić information content (AvgIpc) is 2.38. The van der Waals surface area contributed by atoms with Gasteiger partial charge in [0.15, 0.2) is 0 Å². The van der Waals surface area contributed by atoms with Crippen LogP contribution in [0, 0.1) is 0 Å². The standard InChI is InChI=1S/C14H20ClNO2/c1-10(2)16-7-8-18-13(9-16)14(17)11-5-3-4-6-12(11)15/h3-6,10,13-14,17H,7-9H2,1-2H3. The minimum Gasteiger partial charge on any atom is -0.386 e. The highest BCUT2D eigenvalue weighted by Gasteiger charge is 2.29. The van der Waals surface area contributed by atoms with Crippen molar-refractivity contribution in [2.75, 3.05) is 19.7 Å². The van der Waals surface area contributed by atoms with E-state index in [0.29, 0.717) is 17.7 Å². The van der Waals surface area contributed by atoms with Gasteiger partial charge in [-0.2, -0.15) is 0 Å². The third-order valence-electron chi connectivity index (χ3n) is 3.43. The van der Waals surface area contributed by atoms with Crippen molar-refractivity contribution in [1.82, 2.24) is 4.90 Å². The second-order valence-electron chi connectivity index (χ2n) is 4.96. The van der Waals surface area contributed by atoms with Gasteiger partial charge in [-0.15, -0.1) is 0 Å². The molecule has 18 heavy (non-hydrogen) atoms. The van der Waals surface area contributed by atoms with Gasteiger partial charge in [-0.1, -0.05) is 29.8 Å². The first-order chi connectivity index (χ1) is 8.59. The third kappa shape index (κ3) is 3.04. The molecule has 4 heteroatoms. The summed E-state index contributed by atoms with van der Waals surface area (Å²) in [5.41, 5.74) is 0.745. The Hall–Kier alpha value is -0.610. The number of halogens is 1. The van der Waals surface area contributed by atoms with Gasteiger partial charge in [-0.05, 0) is 19.9 Å². The fourth-order valence-corrected chi connectivity index (χ4v) is 2.52. The van der Waals surface area contributed by atoms with Crippen LogP contribution in [0.4, 0.5) is 0 Å². The van der Waals surface area contributed by atoms with Crippen molar-refractivity contribution in [3.05, 3.63) is 34.9 Å². The molecule has 1 fully saturated rings. The summed E-state index contributed by atoms with van der Waals surface area (Å²) in [5, 5.41) is 11.0. The molecule has 2 unspecified atom stereocenters. The number of aliphatic hydroxyl groups is 1. The minimum atomic E-state index is -0.666. The SMILES string of the molecule is CC(C)N1CCOC(C(O)c2ccccc2Cl)C1. The Kier molecular flexibility index (Phi) is 4.62. The van der Waals surface area contributed by atoms with E-state index in [-0.39, 0.29) is 6.10 Å². The van der Waals surface area contributed by atoms with E-state index in [1.54, 1.807) is 6.07 Å². The molecule has 2 rings (SSSR count). The Morgan fingerprint density at radius 3 is 2.78 bits per heavy atom. The van der Waals surface area contributed by atoms with Gasteiger partial charge in [0.25, 0.3) is 0 Å². The lowest BCUT2D eigenvalue weighted by molar-refractivity contribution is -0.0961. The Bertz CT molecular complexity index is 397. The maximum absolute atomic E-state index is 10.4. The van der Waals surface area contributed by atoms with E-state index in [0.717, 1.165) is 18.7 Å². The van der Waals surface area contributed by atoms with Crippen LogP contribution in [0.2, 0.25) is 5.02 Å². The number of nitrogens with zero attached hydrogens (tertiary/aromatic N) is 1. The van der Waals surface area contributed by atoms with Gasteiger partial charge in [0.05, 0.1) is 6.61 Å². The van der Waals surface area contributed by atoms with Crippen molar-refractivity contribution in [3.8, 4) is 0 Å². The first-order valence-corrected chi connectivity index (χ1v) is 6.75. The van der Waals surface area contributed by atoms with Gasteiger partial charge in [0.2, 0.25) is 0 Å². The lowest BCUT2D eigenvalue weighted by atomic mass is 10.0. The molecule has 1 aliphatic rings. The molecule has 0 bridgehead atoms. The van der Waals surface area contributed by atoms with Crippen LogP contribution < -0.4 is 0 Å². The van der Waals surface area contributed by atoms with Crippen LogP contribution in [0.25, 0.3) is 0 Å². The first-order valence-electron chi connectivity index (χ1n) is 6.37. The number of hydrogen-bond acceptors (Lipinski definition) is 3. The summed E-state index contributed by atoms with van der Waals surface area (Å²) in [4.78, 5) is 2.31. The zero-order valence-corrected chi connectivity index (χ0v) is 11.6. The van der Waals surface area contributed by atoms with Crippen LogP contribution in [0.5, 0.6) is 0 Å². The monoisotopic (exact) mass is 269 g/mol. The van der Waals surface area contributed by atoms with E-state index in [1.165, 1.54) is 0 Å². The van der Waals surface area contributed by atoms with Crippen LogP contribution >= 0.6 is 11.6 Å². The number of hydrogen-bond donors (Lipinski definition) is 1. The first kappa shape index (κ1) is 13.8. The van der Waals surface area contributed by atoms with Crippen molar-refractivity contribution in [1.29, 1.82) is 0 Å². The van der Waals surface area contributed by atoms with E-state index < -0.39 is 6.10 Å². The highest BCUT2D eigenvalue weighted by Crippen LogP contribution is 2.28. The molecule has 1 aromatic carbocycles. The Morgan fingerprint density at radius 1 is 1.39 bits per heavy atom. The Morgan fingerprint density at radius 2 is 2.11 bits per heavy atom. The molecule has 1 saturated heterocycles. The molecule has 1 aliphatic heterocycles. The van der Waals surface area contributed by atoms with Gasteiger partial charge in [-0.25, -0.2) is 0 Å². The van der Waals surface area contributed by atoms with Crippen LogP contribution in [0.1, 0.15) is 25.5 Å². The minimum absolute atomic E-state index is 0.207. The van der Waals surface area contributed by atoms with Crippen molar-refractivity contribution >= 4 is 11.6 Å². The Labute approximate surface area is 113 Å². The highest BCUT2D eigenvalue weighted by atomic mass is 35.5. The third-order valence-corrected chi connectivity index (χ3v) is 3.78. The van der Waals surface area contributed by atoms with Gasteiger partial charge < -0.3 is 9.84 Å². The summed E-state index contributed by atoms with van der Waals surface area (Å²) in [6, 6.07) is 7.86. The summed E-state index contributed by atoms with van der Waals surface area (Å²) in [6.45, 7) is 6.63. The van der Waals surface area contributed by atoms with Gasteiger partial charge in [0.1, 0.15) is 12.2 Å². The smallest absolute Gasteiger partial charge is 0.108 e. The number of aliphatic hydroxyl groups excluding tert-OH is 1. The fourth-order valence-electron chi connectivity index (χ4n) is 2.27. The second-order valence-corrected chi connectivity index (χ2v) is 5.37. The summed E-state index contributed by atoms with van der Waals surface area (Å²) in [6.07, 6.45) is -0.874. The van der Waals surface area contributed by atoms with Crippen molar-refractivity contribution < 1.29 is 9.84 Å². The normalized spacial score (nSPS) is 23.3. The molecule has 0 radical (unpaired) electrons. The van der Waals surface area contributed by atoms with Crippen LogP contribution in [-0.2, 0) is 4.74 Å². The van der Waals surface area contributed by atoms with Gasteiger partial charge >= 0.3 is 0 Å². The van der Waals surface area contributed by atoms with E-state index in [1.807, 2.05) is 18.2 Å². The molecule has 0 aliphatic carbocycles. The molecule has 0 aromatic heterocycles. The summed E-state index contributed by atoms with van der Waals surface area (Å²) < 4.78 is 5.68. The molecule has 3 nitrogen and oxygen atoms in total. The lowest BCUT2D eigenvalue weighted by Crippen LogP contribution is -2.47. The van der Waals surface area contributed by atoms with E-state index in [4.69, 9.17) is 16.3 Å². The molecular formula is C14H20ClNO2. The average molecular weight is 270 g/mol. The van der Waals surface area contributed by atoms with Gasteiger partial charge in [-0.3, -0.25) is 4.90 Å². The summed E-state index contributed by atoms with van der Waals surface area (Å²) in [5.74, 6) is 0. The number of benzene rings is 1. The summed E-state index contributed by atoms with van der Waals surface area (Å²) in [7, 11) is 0. The molecular weight excluding hydrogens is 250 g/mol. The van der Waals surface area contributed by atoms with Crippen LogP contribution in [-0.4, -0.2) is 41.8 Å². The van der Waals surface area contributed by atoms with E-state index >= 15 is 0 Å². The lowest BCUT2D eigenvalue weighted by Gasteiger charge is -2.37. The maximum Gasteiger partial charge on any atom is 0.108 e. The zero-order chi connectivity index (χ0) is 13.1. The number of rotatable bonds is 3. The highest BCUT2D eigenvalue weighted by molar-refractivity contribution is 6.31. The van der Waals surface area contributed by atoms with Crippen LogP contribution in [0.3, 0.4) is 0 Å². The van der Waals surface area contributed by atoms with Crippen molar-refractivity contribution in [3.63, 3.8) is 0 Å². The molecule has 1 heterocycles. The quantitative estimate of drug-likeness (QED) is 0.915. The molecule has 2 atom stereocenters. The topological polar surface area (TPSA) is 32.7 Å². The maximum atomic E-state index is 10.4. The molecule has 1 aromatic rings. The molecule has 0 amide bonds. The summed E-state index contributed by atoms with van der Waals surface area (Å²) >= 11 is 6.11. The molecule has 0 spiro atoms. The van der Waals surface area contributed by atoms with Crippen molar-refractivity contribution in [2.45, 2.75) is 32.1 Å².